The van der Waals surface area contributed by atoms with Gasteiger partial charge in [0.05, 0.1) is 12.1 Å². The quantitative estimate of drug-likeness (QED) is 0.466. The highest BCUT2D eigenvalue weighted by molar-refractivity contribution is 5.96. The molecule has 30 heavy (non-hydrogen) atoms. The molecule has 3 N–H and O–H groups in total. The number of benzene rings is 2. The number of phenolic OH excluding ortho intramolecular Hbond substituents is 1. The molecule has 6 heteroatoms. The minimum absolute atomic E-state index is 0.122. The molecule has 2 aromatic carbocycles. The normalized spacial score (nSPS) is 11.0. The summed E-state index contributed by atoms with van der Waals surface area (Å²) in [5.74, 6) is 0.855. The van der Waals surface area contributed by atoms with E-state index in [4.69, 9.17) is 10.5 Å². The van der Waals surface area contributed by atoms with Crippen LogP contribution in [0.15, 0.2) is 55.2 Å². The fourth-order valence-electron chi connectivity index (χ4n) is 3.62. The van der Waals surface area contributed by atoms with E-state index in [0.717, 1.165) is 34.2 Å². The Balaban J connectivity index is 1.95. The predicted molar refractivity (Wildman–Crippen MR) is 119 cm³/mol. The van der Waals surface area contributed by atoms with Crippen molar-refractivity contribution in [2.75, 3.05) is 13.2 Å². The molecule has 0 aliphatic heterocycles. The molecule has 4 aromatic rings. The first-order valence-electron chi connectivity index (χ1n) is 9.89. The molecular weight excluding hydrogens is 376 g/mol. The lowest BCUT2D eigenvalue weighted by Gasteiger charge is -2.16. The molecule has 0 unspecified atom stereocenters. The number of aromatic nitrogens is 3. The second kappa shape index (κ2) is 8.47. The fraction of sp³-hybridized carbons (Fsp3) is 0.208. The van der Waals surface area contributed by atoms with E-state index >= 15 is 0 Å². The second-order valence-electron chi connectivity index (χ2n) is 7.38. The molecule has 0 saturated heterocycles. The van der Waals surface area contributed by atoms with Crippen molar-refractivity contribution in [1.29, 1.82) is 0 Å². The lowest BCUT2D eigenvalue weighted by atomic mass is 9.98. The predicted octanol–water partition coefficient (Wildman–Crippen LogP) is 4.41. The molecule has 0 radical (unpaired) electrons. The van der Waals surface area contributed by atoms with Crippen LogP contribution in [0, 0.1) is 13.8 Å². The zero-order valence-electron chi connectivity index (χ0n) is 17.1. The number of fused-ring (bicyclic) bond motifs is 1. The summed E-state index contributed by atoms with van der Waals surface area (Å²) in [4.78, 5) is 12.7. The van der Waals surface area contributed by atoms with Crippen molar-refractivity contribution in [3.8, 4) is 33.8 Å². The minimum atomic E-state index is 0.122. The molecule has 0 amide bonds. The maximum atomic E-state index is 10.6. The summed E-state index contributed by atoms with van der Waals surface area (Å²) in [5, 5.41) is 11.4. The number of nitrogens with zero attached hydrogens (tertiary/aromatic N) is 3. The largest absolute Gasteiger partial charge is 0.507 e. The number of aromatic hydroxyl groups is 1. The van der Waals surface area contributed by atoms with E-state index in [-0.39, 0.29) is 5.75 Å². The molecule has 0 aliphatic carbocycles. The first-order valence-corrected chi connectivity index (χ1v) is 9.89. The Hall–Kier alpha value is -3.51. The lowest BCUT2D eigenvalue weighted by Crippen LogP contribution is -2.07. The van der Waals surface area contributed by atoms with Gasteiger partial charge in [-0.2, -0.15) is 0 Å². The summed E-state index contributed by atoms with van der Waals surface area (Å²) >= 11 is 0. The van der Waals surface area contributed by atoms with Gasteiger partial charge in [0.15, 0.2) is 0 Å². The summed E-state index contributed by atoms with van der Waals surface area (Å²) < 4.78 is 6.22. The van der Waals surface area contributed by atoms with Gasteiger partial charge < -0.3 is 15.6 Å². The fourth-order valence-corrected chi connectivity index (χ4v) is 3.62. The Morgan fingerprint density at radius 2 is 1.63 bits per heavy atom. The van der Waals surface area contributed by atoms with E-state index < -0.39 is 0 Å². The molecule has 2 aromatic heterocycles. The summed E-state index contributed by atoms with van der Waals surface area (Å²) in [6.07, 6.45) is 7.35. The maximum absolute atomic E-state index is 10.6. The average molecular weight is 400 g/mol. The van der Waals surface area contributed by atoms with Crippen molar-refractivity contribution in [2.45, 2.75) is 20.3 Å². The van der Waals surface area contributed by atoms with Gasteiger partial charge in [-0.05, 0) is 38.4 Å². The van der Waals surface area contributed by atoms with E-state index in [1.54, 1.807) is 24.7 Å². The van der Waals surface area contributed by atoms with E-state index in [1.807, 2.05) is 6.07 Å². The van der Waals surface area contributed by atoms with Crippen LogP contribution < -0.4 is 10.5 Å². The molecule has 0 atom stereocenters. The number of hydrogen-bond acceptors (Lipinski definition) is 6. The maximum Gasteiger partial charge on any atom is 0.138 e. The van der Waals surface area contributed by atoms with Crippen LogP contribution in [0.3, 0.4) is 0 Å². The number of phenols is 1. The zero-order valence-corrected chi connectivity index (χ0v) is 17.1. The first kappa shape index (κ1) is 19.8. The van der Waals surface area contributed by atoms with Crippen molar-refractivity contribution >= 4 is 10.9 Å². The number of aryl methyl sites for hydroxylation is 2. The van der Waals surface area contributed by atoms with E-state index in [2.05, 4.69) is 47.0 Å². The third-order valence-corrected chi connectivity index (χ3v) is 4.94. The van der Waals surface area contributed by atoms with Crippen LogP contribution in [0.25, 0.3) is 33.2 Å². The van der Waals surface area contributed by atoms with Crippen LogP contribution in [0.5, 0.6) is 11.5 Å². The van der Waals surface area contributed by atoms with Crippen LogP contribution >= 0.6 is 0 Å². The van der Waals surface area contributed by atoms with Gasteiger partial charge in [-0.15, -0.1) is 0 Å². The van der Waals surface area contributed by atoms with Gasteiger partial charge in [-0.25, -0.2) is 9.97 Å². The monoisotopic (exact) mass is 400 g/mol. The number of rotatable bonds is 6. The molecule has 0 fully saturated rings. The molecule has 0 saturated carbocycles. The Morgan fingerprint density at radius 3 is 2.33 bits per heavy atom. The van der Waals surface area contributed by atoms with Crippen LogP contribution in [0.2, 0.25) is 0 Å². The highest BCUT2D eigenvalue weighted by Crippen LogP contribution is 2.41. The SMILES string of the molecule is Cc1cc(C)cc(-c2cnc3cc(O)c(-c4cncnc4)cc3c2OCCCN)c1. The third-order valence-electron chi connectivity index (χ3n) is 4.94. The second-order valence-corrected chi connectivity index (χ2v) is 7.38. The molecular formula is C24H24N4O2. The molecule has 0 aliphatic rings. The van der Waals surface area contributed by atoms with E-state index in [0.29, 0.717) is 24.2 Å². The molecule has 0 spiro atoms. The van der Waals surface area contributed by atoms with Crippen molar-refractivity contribution in [3.05, 3.63) is 66.4 Å². The number of hydrogen-bond donors (Lipinski definition) is 2. The van der Waals surface area contributed by atoms with Gasteiger partial charge >= 0.3 is 0 Å². The topological polar surface area (TPSA) is 94.2 Å². The molecule has 6 nitrogen and oxygen atoms in total. The van der Waals surface area contributed by atoms with Crippen molar-refractivity contribution in [2.24, 2.45) is 5.73 Å². The van der Waals surface area contributed by atoms with Crippen molar-refractivity contribution in [1.82, 2.24) is 15.0 Å². The third kappa shape index (κ3) is 3.95. The average Bonchev–Trinajstić information content (AvgIpc) is 2.73. The van der Waals surface area contributed by atoms with Crippen LogP contribution in [0.4, 0.5) is 0 Å². The molecule has 152 valence electrons. The van der Waals surface area contributed by atoms with E-state index in [1.165, 1.54) is 17.5 Å². The summed E-state index contributed by atoms with van der Waals surface area (Å²) in [6, 6.07) is 9.92. The van der Waals surface area contributed by atoms with Crippen LogP contribution in [-0.2, 0) is 0 Å². The van der Waals surface area contributed by atoms with Gasteiger partial charge in [0.25, 0.3) is 0 Å². The first-order chi connectivity index (χ1) is 14.6. The minimum Gasteiger partial charge on any atom is -0.507 e. The van der Waals surface area contributed by atoms with Gasteiger partial charge in [-0.3, -0.25) is 4.98 Å². The summed E-state index contributed by atoms with van der Waals surface area (Å²) in [5.41, 5.74) is 12.0. The Kier molecular flexibility index (Phi) is 5.59. The summed E-state index contributed by atoms with van der Waals surface area (Å²) in [7, 11) is 0. The number of pyridine rings is 1. The molecule has 4 rings (SSSR count). The summed E-state index contributed by atoms with van der Waals surface area (Å²) in [6.45, 7) is 5.20. The van der Waals surface area contributed by atoms with Crippen molar-refractivity contribution in [3.63, 3.8) is 0 Å². The number of ether oxygens (including phenoxy) is 1. The highest BCUT2D eigenvalue weighted by Gasteiger charge is 2.16. The molecule has 2 heterocycles. The van der Waals surface area contributed by atoms with Gasteiger partial charge in [0, 0.05) is 46.7 Å². The smallest absolute Gasteiger partial charge is 0.138 e. The highest BCUT2D eigenvalue weighted by atomic mass is 16.5. The molecule has 0 bridgehead atoms. The van der Waals surface area contributed by atoms with Crippen LogP contribution in [-0.4, -0.2) is 33.2 Å². The standard InChI is InChI=1S/C24H24N4O2/c1-15-6-16(2)8-17(7-15)21-13-28-22-10-23(29)19(18-11-26-14-27-12-18)9-20(22)24(21)30-5-3-4-25/h6-14,29H,3-5,25H2,1-2H3. The number of nitrogens with two attached hydrogens (primary N) is 1. The van der Waals surface area contributed by atoms with Crippen LogP contribution in [0.1, 0.15) is 17.5 Å². The Bertz CT molecular complexity index is 1170. The zero-order chi connectivity index (χ0) is 21.1. The van der Waals surface area contributed by atoms with Gasteiger partial charge in [-0.1, -0.05) is 29.3 Å². The van der Waals surface area contributed by atoms with Gasteiger partial charge in [0.2, 0.25) is 0 Å². The van der Waals surface area contributed by atoms with Gasteiger partial charge in [0.1, 0.15) is 17.8 Å². The Morgan fingerprint density at radius 1 is 0.900 bits per heavy atom. The lowest BCUT2D eigenvalue weighted by molar-refractivity contribution is 0.318. The Labute approximate surface area is 175 Å². The van der Waals surface area contributed by atoms with Crippen molar-refractivity contribution < 1.29 is 9.84 Å². The van der Waals surface area contributed by atoms with E-state index in [9.17, 15) is 5.11 Å².